The Morgan fingerprint density at radius 2 is 1.30 bits per heavy atom. The summed E-state index contributed by atoms with van der Waals surface area (Å²) in [5.74, 6) is -0.326. The minimum Gasteiger partial charge on any atom is -0.445 e. The van der Waals surface area contributed by atoms with Gasteiger partial charge in [-0.05, 0) is 41.8 Å². The van der Waals surface area contributed by atoms with Crippen molar-refractivity contribution in [3.8, 4) is 0 Å². The fraction of sp³-hybridized carbons (Fsp3) is 0.444. The summed E-state index contributed by atoms with van der Waals surface area (Å²) in [4.78, 5) is 63.1. The largest absolute Gasteiger partial charge is 0.445 e. The average molecular weight is 618 g/mol. The lowest BCUT2D eigenvalue weighted by molar-refractivity contribution is -0.385. The number of aliphatic hydroxyl groups excluding tert-OH is 1. The molecule has 16 heteroatoms. The van der Waals surface area contributed by atoms with E-state index < -0.39 is 34.2 Å². The molecule has 43 heavy (non-hydrogen) atoms. The zero-order valence-corrected chi connectivity index (χ0v) is 23.9. The van der Waals surface area contributed by atoms with Crippen molar-refractivity contribution in [1.82, 2.24) is 14.7 Å². The van der Waals surface area contributed by atoms with Crippen LogP contribution in [0.4, 0.5) is 21.0 Å². The van der Waals surface area contributed by atoms with Crippen molar-refractivity contribution in [2.24, 2.45) is 0 Å². The molecule has 0 saturated carbocycles. The number of nitro groups is 2. The minimum atomic E-state index is -1.17. The summed E-state index contributed by atoms with van der Waals surface area (Å²) in [5.41, 5.74) is 1.01. The zero-order valence-electron chi connectivity index (χ0n) is 23.0. The Morgan fingerprint density at radius 3 is 1.79 bits per heavy atom. The quantitative estimate of drug-likeness (QED) is 0.241. The molecular formula is C27H31N5O10S. The summed E-state index contributed by atoms with van der Waals surface area (Å²) in [6.07, 6.45) is -2.30. The van der Waals surface area contributed by atoms with Gasteiger partial charge < -0.3 is 29.3 Å². The van der Waals surface area contributed by atoms with Crippen molar-refractivity contribution in [2.75, 3.05) is 32.7 Å². The van der Waals surface area contributed by atoms with Gasteiger partial charge in [0.1, 0.15) is 13.2 Å². The van der Waals surface area contributed by atoms with E-state index in [0.29, 0.717) is 17.5 Å². The van der Waals surface area contributed by atoms with Crippen LogP contribution in [-0.2, 0) is 27.5 Å². The van der Waals surface area contributed by atoms with Crippen molar-refractivity contribution in [3.05, 3.63) is 79.9 Å². The SMILES string of the molecule is O=C(C[C@@H](O)[C@@H]1C[C@H](S)CN1C(=O)OCc1ccc([N+](=O)[O-])cc1)N1CCN(C(=O)OCc2ccc([N+](=O)[O-])cc2)CC1. The summed E-state index contributed by atoms with van der Waals surface area (Å²) in [6.45, 7) is 0.973. The van der Waals surface area contributed by atoms with E-state index in [2.05, 4.69) is 12.6 Å². The van der Waals surface area contributed by atoms with Crippen LogP contribution in [0.3, 0.4) is 0 Å². The van der Waals surface area contributed by atoms with Gasteiger partial charge in [0.15, 0.2) is 0 Å². The third-order valence-electron chi connectivity index (χ3n) is 7.29. The highest BCUT2D eigenvalue weighted by Crippen LogP contribution is 2.27. The maximum atomic E-state index is 13.0. The van der Waals surface area contributed by atoms with Gasteiger partial charge in [0.05, 0.1) is 28.4 Å². The van der Waals surface area contributed by atoms with Crippen LogP contribution in [0.1, 0.15) is 24.0 Å². The summed E-state index contributed by atoms with van der Waals surface area (Å²) >= 11 is 4.45. The molecule has 3 amide bonds. The van der Waals surface area contributed by atoms with E-state index in [1.54, 1.807) is 0 Å². The number of piperazine rings is 1. The van der Waals surface area contributed by atoms with E-state index in [0.717, 1.165) is 0 Å². The number of hydrogen-bond donors (Lipinski definition) is 2. The number of carbonyl (C=O) groups is 3. The van der Waals surface area contributed by atoms with Crippen LogP contribution < -0.4 is 0 Å². The Bertz CT molecular complexity index is 1330. The Hall–Kier alpha value is -4.44. The summed E-state index contributed by atoms with van der Waals surface area (Å²) in [5, 5.41) is 32.3. The van der Waals surface area contributed by atoms with Gasteiger partial charge in [-0.1, -0.05) is 0 Å². The molecule has 2 aliphatic heterocycles. The van der Waals surface area contributed by atoms with Gasteiger partial charge in [-0.2, -0.15) is 12.6 Å². The van der Waals surface area contributed by atoms with E-state index in [1.165, 1.54) is 63.2 Å². The van der Waals surface area contributed by atoms with Gasteiger partial charge in [0.25, 0.3) is 11.4 Å². The number of benzene rings is 2. The Labute approximate surface area is 251 Å². The van der Waals surface area contributed by atoms with E-state index in [-0.39, 0.29) is 74.9 Å². The highest BCUT2D eigenvalue weighted by molar-refractivity contribution is 7.81. The normalized spacial score (nSPS) is 19.1. The van der Waals surface area contributed by atoms with E-state index in [4.69, 9.17) is 9.47 Å². The molecule has 15 nitrogen and oxygen atoms in total. The topological polar surface area (TPSA) is 186 Å². The van der Waals surface area contributed by atoms with Crippen LogP contribution >= 0.6 is 12.6 Å². The number of nitrogens with zero attached hydrogens (tertiary/aromatic N) is 5. The number of amides is 3. The van der Waals surface area contributed by atoms with Crippen LogP contribution in [0.15, 0.2) is 48.5 Å². The monoisotopic (exact) mass is 617 g/mol. The lowest BCUT2D eigenvalue weighted by atomic mass is 10.0. The molecule has 2 fully saturated rings. The second-order valence-corrected chi connectivity index (χ2v) is 10.9. The van der Waals surface area contributed by atoms with Crippen LogP contribution in [0.25, 0.3) is 0 Å². The first-order valence-corrected chi connectivity index (χ1v) is 14.0. The van der Waals surface area contributed by atoms with Crippen LogP contribution in [0, 0.1) is 20.2 Å². The zero-order chi connectivity index (χ0) is 31.1. The summed E-state index contributed by atoms with van der Waals surface area (Å²) in [7, 11) is 0. The number of nitro benzene ring substituents is 2. The van der Waals surface area contributed by atoms with Gasteiger partial charge in [-0.25, -0.2) is 9.59 Å². The van der Waals surface area contributed by atoms with E-state index >= 15 is 0 Å². The van der Waals surface area contributed by atoms with Crippen molar-refractivity contribution in [1.29, 1.82) is 0 Å². The lowest BCUT2D eigenvalue weighted by Crippen LogP contribution is -2.52. The lowest BCUT2D eigenvalue weighted by Gasteiger charge is -2.35. The van der Waals surface area contributed by atoms with Crippen molar-refractivity contribution >= 4 is 42.1 Å². The molecular weight excluding hydrogens is 586 g/mol. The second kappa shape index (κ2) is 14.2. The fourth-order valence-electron chi connectivity index (χ4n) is 4.89. The van der Waals surface area contributed by atoms with Crippen molar-refractivity contribution < 1.29 is 38.8 Å². The van der Waals surface area contributed by atoms with Gasteiger partial charge in [-0.3, -0.25) is 25.0 Å². The minimum absolute atomic E-state index is 0.0531. The number of rotatable bonds is 9. The second-order valence-electron chi connectivity index (χ2n) is 10.2. The van der Waals surface area contributed by atoms with Gasteiger partial charge in [-0.15, -0.1) is 0 Å². The number of aliphatic hydroxyl groups is 1. The Balaban J connectivity index is 1.22. The number of thiol groups is 1. The molecule has 3 atom stereocenters. The molecule has 0 spiro atoms. The molecule has 2 aliphatic rings. The predicted octanol–water partition coefficient (Wildman–Crippen LogP) is 2.74. The molecule has 0 bridgehead atoms. The van der Waals surface area contributed by atoms with Crippen LogP contribution in [0.2, 0.25) is 0 Å². The smallest absolute Gasteiger partial charge is 0.410 e. The third-order valence-corrected chi connectivity index (χ3v) is 7.67. The standard InChI is InChI=1S/C27H31N5O10S/c33-24(23-13-22(43)15-30(23)27(36)42-17-19-3-7-21(8-4-19)32(39)40)14-25(34)28-9-11-29(12-10-28)26(35)41-16-18-1-5-20(6-2-18)31(37)38/h1-8,22-24,33,43H,9-17H2/t22-,23-,24+/m0/s1. The fourth-order valence-corrected chi connectivity index (χ4v) is 5.28. The van der Waals surface area contributed by atoms with Crippen molar-refractivity contribution in [2.45, 2.75) is 43.5 Å². The van der Waals surface area contributed by atoms with Gasteiger partial charge in [0, 0.05) is 62.2 Å². The molecule has 2 aromatic rings. The van der Waals surface area contributed by atoms with Crippen molar-refractivity contribution in [3.63, 3.8) is 0 Å². The molecule has 230 valence electrons. The Morgan fingerprint density at radius 1 is 0.837 bits per heavy atom. The van der Waals surface area contributed by atoms with Gasteiger partial charge >= 0.3 is 12.2 Å². The van der Waals surface area contributed by atoms with E-state index in [1.807, 2.05) is 0 Å². The van der Waals surface area contributed by atoms with Gasteiger partial charge in [0.2, 0.25) is 5.91 Å². The molecule has 1 N–H and O–H groups in total. The number of carbonyl (C=O) groups excluding carboxylic acids is 3. The molecule has 4 rings (SSSR count). The van der Waals surface area contributed by atoms with E-state index in [9.17, 15) is 39.7 Å². The number of non-ortho nitro benzene ring substituents is 2. The molecule has 0 aliphatic carbocycles. The number of hydrogen-bond acceptors (Lipinski definition) is 11. The first-order chi connectivity index (χ1) is 20.5. The Kier molecular flexibility index (Phi) is 10.4. The maximum Gasteiger partial charge on any atom is 0.410 e. The average Bonchev–Trinajstić information content (AvgIpc) is 3.41. The maximum absolute atomic E-state index is 13.0. The first kappa shape index (κ1) is 31.5. The number of ether oxygens (including phenoxy) is 2. The molecule has 2 heterocycles. The molecule has 0 radical (unpaired) electrons. The molecule has 0 aromatic heterocycles. The third kappa shape index (κ3) is 8.32. The highest BCUT2D eigenvalue weighted by atomic mass is 32.1. The molecule has 2 aromatic carbocycles. The summed E-state index contributed by atoms with van der Waals surface area (Å²) < 4.78 is 10.7. The highest BCUT2D eigenvalue weighted by Gasteiger charge is 2.40. The first-order valence-electron chi connectivity index (χ1n) is 13.5. The summed E-state index contributed by atoms with van der Waals surface area (Å²) in [6, 6.07) is 10.6. The van der Waals surface area contributed by atoms with Crippen LogP contribution in [0.5, 0.6) is 0 Å². The molecule has 2 saturated heterocycles. The van der Waals surface area contributed by atoms with Crippen LogP contribution in [-0.4, -0.2) is 97.9 Å². The molecule has 0 unspecified atom stereocenters. The predicted molar refractivity (Wildman–Crippen MR) is 153 cm³/mol. The number of likely N-dealkylation sites (tertiary alicyclic amines) is 1.